The van der Waals surface area contributed by atoms with Crippen LogP contribution in [0, 0.1) is 5.92 Å². The number of aromatic nitrogens is 2. The molecule has 3 aromatic rings. The molecule has 186 valence electrons. The minimum Gasteiger partial charge on any atom is -0.359 e. The molecule has 2 unspecified atom stereocenters. The van der Waals surface area contributed by atoms with Gasteiger partial charge >= 0.3 is 0 Å². The van der Waals surface area contributed by atoms with Crippen LogP contribution in [0.2, 0.25) is 10.0 Å². The first-order valence-electron chi connectivity index (χ1n) is 11.3. The second-order valence-corrected chi connectivity index (χ2v) is 9.74. The number of hydrogen-bond acceptors (Lipinski definition) is 6. The topological polar surface area (TPSA) is 88.2 Å². The summed E-state index contributed by atoms with van der Waals surface area (Å²) in [4.78, 5) is 22.2. The van der Waals surface area contributed by atoms with Crippen molar-refractivity contribution in [2.45, 2.75) is 46.0 Å². The number of anilines is 2. The molecule has 0 bridgehead atoms. The van der Waals surface area contributed by atoms with E-state index in [0.29, 0.717) is 52.9 Å². The Morgan fingerprint density at radius 1 is 1.00 bits per heavy atom. The van der Waals surface area contributed by atoms with E-state index in [1.165, 1.54) is 0 Å². The number of carbonyl (C=O) groups is 1. The second-order valence-electron chi connectivity index (χ2n) is 8.53. The van der Waals surface area contributed by atoms with Crippen molar-refractivity contribution < 1.29 is 9.32 Å². The van der Waals surface area contributed by atoms with E-state index in [9.17, 15) is 4.79 Å². The van der Waals surface area contributed by atoms with Crippen LogP contribution in [0.1, 0.15) is 37.1 Å². The van der Waals surface area contributed by atoms with Gasteiger partial charge in [-0.3, -0.25) is 4.79 Å². The highest BCUT2D eigenvalue weighted by molar-refractivity contribution is 7.09. The molecule has 1 aromatic heterocycles. The molecule has 1 amide bonds. The lowest BCUT2D eigenvalue weighted by molar-refractivity contribution is -0.122. The van der Waals surface area contributed by atoms with Gasteiger partial charge in [0.25, 0.3) is 0 Å². The first kappa shape index (κ1) is 27.2. The molecule has 0 saturated carbocycles. The zero-order valence-electron chi connectivity index (χ0n) is 19.7. The Hall–Kier alpha value is -2.44. The third-order valence-electron chi connectivity index (χ3n) is 5.08. The molecular formula is C25H30Cl2N5O2P. The number of benzene rings is 2. The Balaban J connectivity index is 1.73. The molecule has 0 spiro atoms. The zero-order valence-corrected chi connectivity index (χ0v) is 22.4. The van der Waals surface area contributed by atoms with E-state index in [0.717, 1.165) is 11.1 Å². The Kier molecular flexibility index (Phi) is 10.5. The van der Waals surface area contributed by atoms with Crippen LogP contribution < -0.4 is 16.0 Å². The number of hydrogen-bond donors (Lipinski definition) is 3. The predicted octanol–water partition coefficient (Wildman–Crippen LogP) is 5.85. The Morgan fingerprint density at radius 3 is 2.46 bits per heavy atom. The molecule has 1 heterocycles. The lowest BCUT2D eigenvalue weighted by Crippen LogP contribution is -2.40. The van der Waals surface area contributed by atoms with Crippen molar-refractivity contribution >= 4 is 50.3 Å². The fourth-order valence-corrected chi connectivity index (χ4v) is 3.94. The normalized spacial score (nSPS) is 11.8. The molecule has 7 nitrogen and oxygen atoms in total. The molecule has 0 radical (unpaired) electrons. The molecule has 2 aromatic carbocycles. The lowest BCUT2D eigenvalue weighted by atomic mass is 10.0. The van der Waals surface area contributed by atoms with Crippen LogP contribution in [0.3, 0.4) is 0 Å². The molecule has 0 aliphatic rings. The lowest BCUT2D eigenvalue weighted by Gasteiger charge is -2.21. The molecule has 0 saturated heterocycles. The molecule has 3 rings (SSSR count). The number of nitrogens with one attached hydrogen (secondary N) is 3. The summed E-state index contributed by atoms with van der Waals surface area (Å²) in [6.45, 7) is 5.35. The Bertz CT molecular complexity index is 1120. The van der Waals surface area contributed by atoms with E-state index in [-0.39, 0.29) is 12.5 Å². The van der Waals surface area contributed by atoms with Crippen molar-refractivity contribution in [2.75, 3.05) is 10.6 Å². The third kappa shape index (κ3) is 9.26. The Morgan fingerprint density at radius 2 is 1.77 bits per heavy atom. The van der Waals surface area contributed by atoms with Gasteiger partial charge < -0.3 is 20.5 Å². The number of nitrogens with zero attached hydrogens (tertiary/aromatic N) is 2. The maximum Gasteiger partial charge on any atom is 0.242 e. The fraction of sp³-hybridized carbons (Fsp3) is 0.320. The number of halogens is 2. The summed E-state index contributed by atoms with van der Waals surface area (Å²) in [5.41, 5.74) is 2.65. The quantitative estimate of drug-likeness (QED) is 0.253. The molecule has 0 aliphatic carbocycles. The van der Waals surface area contributed by atoms with Crippen LogP contribution in [0.4, 0.5) is 11.8 Å². The van der Waals surface area contributed by atoms with Gasteiger partial charge in [0, 0.05) is 38.7 Å². The van der Waals surface area contributed by atoms with Gasteiger partial charge in [-0.15, -0.1) is 0 Å². The summed E-state index contributed by atoms with van der Waals surface area (Å²) in [6.07, 6.45) is 0.636. The van der Waals surface area contributed by atoms with Crippen molar-refractivity contribution in [3.63, 3.8) is 0 Å². The van der Waals surface area contributed by atoms with E-state index in [1.54, 1.807) is 18.2 Å². The summed E-state index contributed by atoms with van der Waals surface area (Å²) in [6, 6.07) is 16.3. The van der Waals surface area contributed by atoms with Crippen LogP contribution in [-0.2, 0) is 29.0 Å². The maximum absolute atomic E-state index is 13.1. The highest BCUT2D eigenvalue weighted by Crippen LogP contribution is 2.18. The van der Waals surface area contributed by atoms with Gasteiger partial charge in [0.05, 0.1) is 12.3 Å². The Labute approximate surface area is 218 Å². The number of rotatable bonds is 12. The molecule has 3 N–H and O–H groups in total. The highest BCUT2D eigenvalue weighted by atomic mass is 35.5. The van der Waals surface area contributed by atoms with Gasteiger partial charge in [0.15, 0.2) is 0 Å². The summed E-state index contributed by atoms with van der Waals surface area (Å²) in [7, 11) is 2.22. The highest BCUT2D eigenvalue weighted by Gasteiger charge is 2.21. The van der Waals surface area contributed by atoms with Crippen LogP contribution in [0.5, 0.6) is 0 Å². The van der Waals surface area contributed by atoms with Crippen molar-refractivity contribution in [3.05, 3.63) is 81.5 Å². The van der Waals surface area contributed by atoms with Crippen molar-refractivity contribution in [3.8, 4) is 0 Å². The smallest absolute Gasteiger partial charge is 0.242 e. The van der Waals surface area contributed by atoms with Crippen LogP contribution >= 0.6 is 32.7 Å². The van der Waals surface area contributed by atoms with Gasteiger partial charge in [-0.05, 0) is 47.7 Å². The van der Waals surface area contributed by atoms with E-state index in [4.69, 9.17) is 27.7 Å². The predicted molar refractivity (Wildman–Crippen MR) is 145 cm³/mol. The molecule has 0 fully saturated rings. The minimum absolute atomic E-state index is 0.107. The average molecular weight is 534 g/mol. The van der Waals surface area contributed by atoms with E-state index >= 15 is 0 Å². The number of amides is 1. The maximum atomic E-state index is 13.1. The van der Waals surface area contributed by atoms with Crippen LogP contribution in [0.25, 0.3) is 0 Å². The monoisotopic (exact) mass is 533 g/mol. The van der Waals surface area contributed by atoms with Gasteiger partial charge in [-0.1, -0.05) is 61.3 Å². The van der Waals surface area contributed by atoms with E-state index in [2.05, 4.69) is 49.2 Å². The van der Waals surface area contributed by atoms with Gasteiger partial charge in [0.2, 0.25) is 11.9 Å². The van der Waals surface area contributed by atoms with Crippen molar-refractivity contribution in [1.29, 1.82) is 0 Å². The average Bonchev–Trinajstić information content (AvgIpc) is 2.82. The molecule has 0 aliphatic heterocycles. The van der Waals surface area contributed by atoms with E-state index in [1.807, 2.05) is 36.4 Å². The molecule has 10 heteroatoms. The van der Waals surface area contributed by atoms with Gasteiger partial charge in [0.1, 0.15) is 11.9 Å². The SMILES string of the molecule is CC(C)CC(Nc1cc(COP)nc(NCc2cccc(Cl)c2)n1)C(=O)NCc1ccc(Cl)cc1. The minimum atomic E-state index is -0.470. The second kappa shape index (κ2) is 13.6. The molecule has 35 heavy (non-hydrogen) atoms. The summed E-state index contributed by atoms with van der Waals surface area (Å²) < 4.78 is 5.19. The molecule has 2 atom stereocenters. The molecular weight excluding hydrogens is 504 g/mol. The standard InChI is InChI=1S/C25H30Cl2N5O2P/c1-16(2)10-22(24(33)28-13-17-6-8-19(26)9-7-17)31-23-12-21(15-34-35)30-25(32-23)29-14-18-4-3-5-20(27)11-18/h3-9,11-12,16,22H,10,13-15,35H2,1-2H3,(H,28,33)(H2,29,30,31,32). The van der Waals surface area contributed by atoms with Crippen molar-refractivity contribution in [2.24, 2.45) is 5.92 Å². The summed E-state index contributed by atoms with van der Waals surface area (Å²) in [5.74, 6) is 1.16. The van der Waals surface area contributed by atoms with Crippen LogP contribution in [-0.4, -0.2) is 21.9 Å². The summed E-state index contributed by atoms with van der Waals surface area (Å²) >= 11 is 12.0. The summed E-state index contributed by atoms with van der Waals surface area (Å²) in [5, 5.41) is 10.9. The first-order valence-corrected chi connectivity index (χ1v) is 12.5. The van der Waals surface area contributed by atoms with Crippen LogP contribution in [0.15, 0.2) is 54.6 Å². The largest absolute Gasteiger partial charge is 0.359 e. The van der Waals surface area contributed by atoms with Gasteiger partial charge in [-0.25, -0.2) is 4.98 Å². The van der Waals surface area contributed by atoms with Crippen molar-refractivity contribution in [1.82, 2.24) is 15.3 Å². The fourth-order valence-electron chi connectivity index (χ4n) is 3.43. The third-order valence-corrected chi connectivity index (χ3v) is 5.73. The zero-order chi connectivity index (χ0) is 25.2. The number of carbonyl (C=O) groups excluding carboxylic acids is 1. The first-order chi connectivity index (χ1) is 16.8. The van der Waals surface area contributed by atoms with E-state index < -0.39 is 6.04 Å². The van der Waals surface area contributed by atoms with Gasteiger partial charge in [-0.2, -0.15) is 4.98 Å².